The third-order valence-corrected chi connectivity index (χ3v) is 1.68. The van der Waals surface area contributed by atoms with Crippen molar-refractivity contribution in [3.8, 4) is 5.75 Å². The zero-order valence-electron chi connectivity index (χ0n) is 7.27. The van der Waals surface area contributed by atoms with E-state index >= 15 is 0 Å². The van der Waals surface area contributed by atoms with Crippen molar-refractivity contribution in [2.45, 2.75) is 6.54 Å². The second-order valence-electron chi connectivity index (χ2n) is 2.50. The molecule has 14 heavy (non-hydrogen) atoms. The summed E-state index contributed by atoms with van der Waals surface area (Å²) in [5.74, 6) is -4.01. The number of hydroxylamine groups is 1. The zero-order chi connectivity index (χ0) is 10.7. The Hall–Kier alpha value is -1.27. The van der Waals surface area contributed by atoms with Crippen LogP contribution in [-0.4, -0.2) is 12.3 Å². The number of nitrogens with one attached hydrogen (secondary N) is 1. The third-order valence-electron chi connectivity index (χ3n) is 1.68. The number of ether oxygens (including phenoxy) is 1. The van der Waals surface area contributed by atoms with Gasteiger partial charge in [-0.2, -0.15) is 0 Å². The SMILES string of the molecule is COc1c(F)cc(F)c(F)c1CNO. The van der Waals surface area contributed by atoms with Gasteiger partial charge in [-0.3, -0.25) is 0 Å². The van der Waals surface area contributed by atoms with Crippen LogP contribution >= 0.6 is 0 Å². The number of benzene rings is 1. The van der Waals surface area contributed by atoms with Crippen LogP contribution in [0.4, 0.5) is 13.2 Å². The lowest BCUT2D eigenvalue weighted by Gasteiger charge is -2.10. The van der Waals surface area contributed by atoms with E-state index in [-0.39, 0.29) is 0 Å². The molecule has 1 rings (SSSR count). The summed E-state index contributed by atoms with van der Waals surface area (Å²) in [5, 5.41) is 8.33. The normalized spacial score (nSPS) is 10.4. The van der Waals surface area contributed by atoms with Crippen molar-refractivity contribution < 1.29 is 23.1 Å². The summed E-state index contributed by atoms with van der Waals surface area (Å²) < 4.78 is 43.2. The number of hydrogen-bond acceptors (Lipinski definition) is 3. The number of methoxy groups -OCH3 is 1. The summed E-state index contributed by atoms with van der Waals surface area (Å²) >= 11 is 0. The van der Waals surface area contributed by atoms with Gasteiger partial charge in [-0.1, -0.05) is 0 Å². The maximum atomic E-state index is 13.0. The van der Waals surface area contributed by atoms with Gasteiger partial charge in [0.25, 0.3) is 0 Å². The van der Waals surface area contributed by atoms with Gasteiger partial charge in [0.15, 0.2) is 23.2 Å². The highest BCUT2D eigenvalue weighted by atomic mass is 19.2. The molecule has 1 aromatic carbocycles. The van der Waals surface area contributed by atoms with E-state index in [4.69, 9.17) is 5.21 Å². The van der Waals surface area contributed by atoms with E-state index in [9.17, 15) is 13.2 Å². The molecule has 0 aliphatic heterocycles. The minimum absolute atomic E-state index is 0.384. The Balaban J connectivity index is 3.32. The maximum Gasteiger partial charge on any atom is 0.168 e. The lowest BCUT2D eigenvalue weighted by Crippen LogP contribution is -2.11. The Kier molecular flexibility index (Phi) is 3.32. The van der Waals surface area contributed by atoms with Crippen molar-refractivity contribution in [1.82, 2.24) is 5.48 Å². The molecule has 0 spiro atoms. The Morgan fingerprint density at radius 1 is 1.36 bits per heavy atom. The molecule has 0 saturated heterocycles. The molecule has 0 aromatic heterocycles. The lowest BCUT2D eigenvalue weighted by atomic mass is 10.1. The van der Waals surface area contributed by atoms with Gasteiger partial charge in [-0.05, 0) is 0 Å². The van der Waals surface area contributed by atoms with Crippen LogP contribution in [0.2, 0.25) is 0 Å². The van der Waals surface area contributed by atoms with Crippen LogP contribution in [0, 0.1) is 17.5 Å². The second kappa shape index (κ2) is 4.30. The zero-order valence-corrected chi connectivity index (χ0v) is 7.27. The van der Waals surface area contributed by atoms with Gasteiger partial charge in [0.1, 0.15) is 0 Å². The molecule has 0 unspecified atom stereocenters. The Morgan fingerprint density at radius 2 is 2.00 bits per heavy atom. The summed E-state index contributed by atoms with van der Waals surface area (Å²) in [4.78, 5) is 0. The van der Waals surface area contributed by atoms with Crippen molar-refractivity contribution in [3.05, 3.63) is 29.1 Å². The standard InChI is InChI=1S/C8H8F3NO2/c1-14-8-4(3-12-13)7(11)5(9)2-6(8)10/h2,12-13H,3H2,1H3. The van der Waals surface area contributed by atoms with Crippen molar-refractivity contribution in [2.75, 3.05) is 7.11 Å². The molecule has 0 aliphatic carbocycles. The Bertz CT molecular complexity index is 344. The van der Waals surface area contributed by atoms with Crippen LogP contribution in [0.15, 0.2) is 6.07 Å². The lowest BCUT2D eigenvalue weighted by molar-refractivity contribution is 0.158. The fourth-order valence-electron chi connectivity index (χ4n) is 1.09. The predicted molar refractivity (Wildman–Crippen MR) is 41.5 cm³/mol. The molecule has 0 fully saturated rings. The smallest absolute Gasteiger partial charge is 0.168 e. The molecule has 0 aliphatic rings. The molecular formula is C8H8F3NO2. The monoisotopic (exact) mass is 207 g/mol. The van der Waals surface area contributed by atoms with Crippen LogP contribution in [0.5, 0.6) is 5.75 Å². The van der Waals surface area contributed by atoms with Crippen LogP contribution in [0.1, 0.15) is 5.56 Å². The summed E-state index contributed by atoms with van der Waals surface area (Å²) in [6, 6.07) is 0.384. The highest BCUT2D eigenvalue weighted by molar-refractivity contribution is 5.36. The van der Waals surface area contributed by atoms with E-state index < -0.39 is 35.3 Å². The first kappa shape index (κ1) is 10.8. The Labute approximate surface area is 78.1 Å². The molecular weight excluding hydrogens is 199 g/mol. The van der Waals surface area contributed by atoms with E-state index in [1.165, 1.54) is 0 Å². The van der Waals surface area contributed by atoms with E-state index in [1.54, 1.807) is 5.48 Å². The largest absolute Gasteiger partial charge is 0.493 e. The molecule has 2 N–H and O–H groups in total. The molecule has 0 saturated carbocycles. The summed E-state index contributed by atoms with van der Waals surface area (Å²) in [7, 11) is 1.12. The van der Waals surface area contributed by atoms with Gasteiger partial charge in [-0.25, -0.2) is 18.7 Å². The highest BCUT2D eigenvalue weighted by Gasteiger charge is 2.18. The first-order valence-electron chi connectivity index (χ1n) is 3.69. The molecule has 3 nitrogen and oxygen atoms in total. The van der Waals surface area contributed by atoms with E-state index in [1.807, 2.05) is 0 Å². The minimum atomic E-state index is -1.33. The van der Waals surface area contributed by atoms with Gasteiger partial charge < -0.3 is 9.94 Å². The van der Waals surface area contributed by atoms with E-state index in [0.717, 1.165) is 7.11 Å². The second-order valence-corrected chi connectivity index (χ2v) is 2.50. The molecule has 6 heteroatoms. The molecule has 0 radical (unpaired) electrons. The summed E-state index contributed by atoms with van der Waals surface area (Å²) in [6.45, 7) is -0.441. The maximum absolute atomic E-state index is 13.0. The average Bonchev–Trinajstić information content (AvgIpc) is 2.14. The van der Waals surface area contributed by atoms with Crippen molar-refractivity contribution in [3.63, 3.8) is 0 Å². The third kappa shape index (κ3) is 1.80. The van der Waals surface area contributed by atoms with Gasteiger partial charge in [0, 0.05) is 6.07 Å². The minimum Gasteiger partial charge on any atom is -0.493 e. The van der Waals surface area contributed by atoms with Crippen LogP contribution in [0.25, 0.3) is 0 Å². The van der Waals surface area contributed by atoms with Crippen LogP contribution in [0.3, 0.4) is 0 Å². The number of rotatable bonds is 3. The van der Waals surface area contributed by atoms with Gasteiger partial charge in [0.2, 0.25) is 0 Å². The number of halogens is 3. The first-order valence-corrected chi connectivity index (χ1v) is 3.69. The molecule has 0 atom stereocenters. The quantitative estimate of drug-likeness (QED) is 0.584. The van der Waals surface area contributed by atoms with Crippen molar-refractivity contribution >= 4 is 0 Å². The van der Waals surface area contributed by atoms with Crippen LogP contribution in [-0.2, 0) is 6.54 Å². The molecule has 0 bridgehead atoms. The van der Waals surface area contributed by atoms with E-state index in [2.05, 4.69) is 4.74 Å². The molecule has 0 heterocycles. The first-order chi connectivity index (χ1) is 6.61. The highest BCUT2D eigenvalue weighted by Crippen LogP contribution is 2.27. The fourth-order valence-corrected chi connectivity index (χ4v) is 1.09. The molecule has 0 amide bonds. The molecule has 1 aromatic rings. The summed E-state index contributed by atoms with van der Waals surface area (Å²) in [5.41, 5.74) is 1.20. The number of hydrogen-bond donors (Lipinski definition) is 2. The van der Waals surface area contributed by atoms with Crippen molar-refractivity contribution in [2.24, 2.45) is 0 Å². The van der Waals surface area contributed by atoms with Crippen molar-refractivity contribution in [1.29, 1.82) is 0 Å². The average molecular weight is 207 g/mol. The van der Waals surface area contributed by atoms with Gasteiger partial charge in [-0.15, -0.1) is 0 Å². The predicted octanol–water partition coefficient (Wildman–Crippen LogP) is 1.59. The topological polar surface area (TPSA) is 41.5 Å². The molecule has 78 valence electrons. The fraction of sp³-hybridized carbons (Fsp3) is 0.250. The van der Waals surface area contributed by atoms with E-state index in [0.29, 0.717) is 6.07 Å². The van der Waals surface area contributed by atoms with Crippen LogP contribution < -0.4 is 10.2 Å². The van der Waals surface area contributed by atoms with Gasteiger partial charge in [0.05, 0.1) is 19.2 Å². The Morgan fingerprint density at radius 3 is 2.50 bits per heavy atom. The summed E-state index contributed by atoms with van der Waals surface area (Å²) in [6.07, 6.45) is 0. The van der Waals surface area contributed by atoms with Gasteiger partial charge >= 0.3 is 0 Å².